The standard InChI is InChI=1S/C24H24N6S/c1-29-8-10-30(11-9-29)17-5-2-15(3-6-17)23-19-13-21-18(24(19)28-27-23)12-20(31-21)16-4-7-22(25)26-14-16/h2-7,12,14H,8-11,13H2,1H3,(H2,25,26)(H,27,28). The van der Waals surface area contributed by atoms with Crippen molar-refractivity contribution in [3.63, 3.8) is 0 Å². The van der Waals surface area contributed by atoms with E-state index in [0.717, 1.165) is 49.6 Å². The maximum Gasteiger partial charge on any atom is 0.123 e. The first-order chi connectivity index (χ1) is 15.2. The topological polar surface area (TPSA) is 74.1 Å². The van der Waals surface area contributed by atoms with Crippen LogP contribution in [-0.4, -0.2) is 53.3 Å². The molecule has 4 aromatic rings. The maximum absolute atomic E-state index is 5.73. The third-order valence-electron chi connectivity index (χ3n) is 6.36. The zero-order valence-electron chi connectivity index (χ0n) is 17.4. The third-order valence-corrected chi connectivity index (χ3v) is 7.55. The van der Waals surface area contributed by atoms with Gasteiger partial charge in [0, 0.05) is 76.5 Å². The second kappa shape index (κ2) is 7.21. The van der Waals surface area contributed by atoms with E-state index in [-0.39, 0.29) is 0 Å². The van der Waals surface area contributed by atoms with Gasteiger partial charge in [0.25, 0.3) is 0 Å². The summed E-state index contributed by atoms with van der Waals surface area (Å²) in [5, 5.41) is 7.99. The Bertz CT molecular complexity index is 1230. The van der Waals surface area contributed by atoms with Gasteiger partial charge in [-0.1, -0.05) is 12.1 Å². The Hall–Kier alpha value is -3.16. The first kappa shape index (κ1) is 18.6. The van der Waals surface area contributed by atoms with Gasteiger partial charge in [-0.2, -0.15) is 5.10 Å². The molecular formula is C24H24N6S. The molecule has 0 radical (unpaired) electrons. The van der Waals surface area contributed by atoms with Crippen LogP contribution in [0.2, 0.25) is 0 Å². The Balaban J connectivity index is 1.26. The fourth-order valence-electron chi connectivity index (χ4n) is 4.52. The van der Waals surface area contributed by atoms with Gasteiger partial charge in [0.2, 0.25) is 0 Å². The van der Waals surface area contributed by atoms with Crippen LogP contribution in [0.1, 0.15) is 10.4 Å². The number of piperazine rings is 1. The van der Waals surface area contributed by atoms with Gasteiger partial charge in [-0.25, -0.2) is 4.98 Å². The Kier molecular flexibility index (Phi) is 4.33. The first-order valence-electron chi connectivity index (χ1n) is 10.6. The lowest BCUT2D eigenvalue weighted by Gasteiger charge is -2.34. The van der Waals surface area contributed by atoms with Crippen molar-refractivity contribution >= 4 is 22.8 Å². The van der Waals surface area contributed by atoms with Crippen LogP contribution in [-0.2, 0) is 6.42 Å². The highest BCUT2D eigenvalue weighted by atomic mass is 32.1. The van der Waals surface area contributed by atoms with Crippen LogP contribution in [0, 0.1) is 0 Å². The fourth-order valence-corrected chi connectivity index (χ4v) is 5.69. The molecular weight excluding hydrogens is 404 g/mol. The molecule has 1 aliphatic carbocycles. The molecule has 2 aliphatic rings. The van der Waals surface area contributed by atoms with Crippen LogP contribution < -0.4 is 10.6 Å². The van der Waals surface area contributed by atoms with Crippen molar-refractivity contribution in [3.8, 4) is 33.0 Å². The molecule has 4 heterocycles. The summed E-state index contributed by atoms with van der Waals surface area (Å²) in [4.78, 5) is 11.7. The van der Waals surface area contributed by atoms with Crippen molar-refractivity contribution < 1.29 is 0 Å². The number of nitrogen functional groups attached to an aromatic ring is 1. The van der Waals surface area contributed by atoms with Gasteiger partial charge in [0.15, 0.2) is 0 Å². The Morgan fingerprint density at radius 1 is 1.00 bits per heavy atom. The van der Waals surface area contributed by atoms with E-state index in [1.165, 1.54) is 32.1 Å². The number of pyridine rings is 1. The number of nitrogens with one attached hydrogen (secondary N) is 1. The maximum atomic E-state index is 5.73. The summed E-state index contributed by atoms with van der Waals surface area (Å²) < 4.78 is 0. The van der Waals surface area contributed by atoms with Crippen LogP contribution in [0.4, 0.5) is 11.5 Å². The molecule has 1 aliphatic heterocycles. The monoisotopic (exact) mass is 428 g/mol. The predicted molar refractivity (Wildman–Crippen MR) is 127 cm³/mol. The van der Waals surface area contributed by atoms with Gasteiger partial charge in [0.05, 0.1) is 11.4 Å². The number of anilines is 2. The molecule has 3 N–H and O–H groups in total. The lowest BCUT2D eigenvalue weighted by molar-refractivity contribution is 0.313. The molecule has 1 fully saturated rings. The third kappa shape index (κ3) is 3.21. The summed E-state index contributed by atoms with van der Waals surface area (Å²) in [5.74, 6) is 0.548. The summed E-state index contributed by atoms with van der Waals surface area (Å²) in [6, 6.07) is 15.0. The van der Waals surface area contributed by atoms with Crippen LogP contribution in [0.25, 0.3) is 33.0 Å². The molecule has 156 valence electrons. The average molecular weight is 429 g/mol. The summed E-state index contributed by atoms with van der Waals surface area (Å²) in [6.07, 6.45) is 2.77. The molecule has 1 aromatic carbocycles. The number of aromatic nitrogens is 3. The molecule has 0 amide bonds. The van der Waals surface area contributed by atoms with E-state index in [1.54, 1.807) is 0 Å². The average Bonchev–Trinajstić information content (AvgIpc) is 3.46. The highest BCUT2D eigenvalue weighted by Gasteiger charge is 2.28. The van der Waals surface area contributed by atoms with Crippen LogP contribution in [0.15, 0.2) is 48.7 Å². The van der Waals surface area contributed by atoms with Crippen LogP contribution >= 0.6 is 11.3 Å². The Morgan fingerprint density at radius 2 is 1.77 bits per heavy atom. The molecule has 1 saturated heterocycles. The fraction of sp³-hybridized carbons (Fsp3) is 0.250. The molecule has 3 aromatic heterocycles. The molecule has 0 unspecified atom stereocenters. The van der Waals surface area contributed by atoms with Gasteiger partial charge in [-0.05, 0) is 37.4 Å². The number of hydrogen-bond acceptors (Lipinski definition) is 6. The van der Waals surface area contributed by atoms with Crippen molar-refractivity contribution in [3.05, 3.63) is 59.1 Å². The van der Waals surface area contributed by atoms with Gasteiger partial charge < -0.3 is 15.5 Å². The summed E-state index contributed by atoms with van der Waals surface area (Å²) in [5.41, 5.74) is 14.1. The zero-order valence-corrected chi connectivity index (χ0v) is 18.2. The Labute approximate surface area is 185 Å². The zero-order chi connectivity index (χ0) is 20.9. The van der Waals surface area contributed by atoms with E-state index >= 15 is 0 Å². The first-order valence-corrected chi connectivity index (χ1v) is 11.4. The summed E-state index contributed by atoms with van der Waals surface area (Å²) in [7, 11) is 2.19. The van der Waals surface area contributed by atoms with Crippen molar-refractivity contribution in [2.75, 3.05) is 43.9 Å². The van der Waals surface area contributed by atoms with Gasteiger partial charge in [-0.3, -0.25) is 5.10 Å². The highest BCUT2D eigenvalue weighted by molar-refractivity contribution is 7.16. The molecule has 6 nitrogen and oxygen atoms in total. The number of nitrogens with zero attached hydrogens (tertiary/aromatic N) is 4. The minimum Gasteiger partial charge on any atom is -0.384 e. The van der Waals surface area contributed by atoms with E-state index in [1.807, 2.05) is 29.7 Å². The van der Waals surface area contributed by atoms with Gasteiger partial charge >= 0.3 is 0 Å². The van der Waals surface area contributed by atoms with Crippen LogP contribution in [0.5, 0.6) is 0 Å². The van der Waals surface area contributed by atoms with Gasteiger partial charge in [0.1, 0.15) is 5.82 Å². The number of rotatable bonds is 3. The van der Waals surface area contributed by atoms with Crippen molar-refractivity contribution in [1.82, 2.24) is 20.1 Å². The van der Waals surface area contributed by atoms with E-state index in [2.05, 4.69) is 62.4 Å². The van der Waals surface area contributed by atoms with E-state index in [4.69, 9.17) is 5.73 Å². The second-order valence-electron chi connectivity index (χ2n) is 8.36. The van der Waals surface area contributed by atoms with Crippen molar-refractivity contribution in [2.24, 2.45) is 0 Å². The normalized spacial score (nSPS) is 15.8. The van der Waals surface area contributed by atoms with E-state index in [9.17, 15) is 0 Å². The molecule has 0 spiro atoms. The molecule has 0 atom stereocenters. The summed E-state index contributed by atoms with van der Waals surface area (Å²) in [6.45, 7) is 4.40. The lowest BCUT2D eigenvalue weighted by Crippen LogP contribution is -2.44. The lowest BCUT2D eigenvalue weighted by atomic mass is 10.1. The van der Waals surface area contributed by atoms with Crippen LogP contribution in [0.3, 0.4) is 0 Å². The number of hydrogen-bond donors (Lipinski definition) is 2. The summed E-state index contributed by atoms with van der Waals surface area (Å²) >= 11 is 1.83. The smallest absolute Gasteiger partial charge is 0.123 e. The minimum atomic E-state index is 0.548. The van der Waals surface area contributed by atoms with Crippen molar-refractivity contribution in [2.45, 2.75) is 6.42 Å². The SMILES string of the molecule is CN1CCN(c2ccc(-c3n[nH]c4c3Cc3sc(-c5ccc(N)nc5)cc3-4)cc2)CC1. The van der Waals surface area contributed by atoms with Gasteiger partial charge in [-0.15, -0.1) is 11.3 Å². The molecule has 31 heavy (non-hydrogen) atoms. The molecule has 0 bridgehead atoms. The quantitative estimate of drug-likeness (QED) is 0.452. The highest BCUT2D eigenvalue weighted by Crippen LogP contribution is 2.46. The largest absolute Gasteiger partial charge is 0.384 e. The number of nitrogens with two attached hydrogens (primary N) is 1. The number of likely N-dealkylation sites (N-methyl/N-ethyl adjacent to an activating group) is 1. The predicted octanol–water partition coefficient (Wildman–Crippen LogP) is 4.11. The van der Waals surface area contributed by atoms with E-state index in [0.29, 0.717) is 5.82 Å². The number of fused-ring (bicyclic) bond motifs is 3. The molecule has 7 heteroatoms. The number of benzene rings is 1. The number of aromatic amines is 1. The van der Waals surface area contributed by atoms with Crippen molar-refractivity contribution in [1.29, 1.82) is 0 Å². The minimum absolute atomic E-state index is 0.548. The Morgan fingerprint density at radius 3 is 2.52 bits per heavy atom. The van der Waals surface area contributed by atoms with E-state index < -0.39 is 0 Å². The molecule has 6 rings (SSSR count). The molecule has 0 saturated carbocycles. The second-order valence-corrected chi connectivity index (χ2v) is 9.50. The number of thiophene rings is 1. The number of H-pyrrole nitrogens is 1.